The lowest BCUT2D eigenvalue weighted by molar-refractivity contribution is -0.137. The van der Waals surface area contributed by atoms with Crippen LogP contribution < -0.4 is 5.32 Å². The SMILES string of the molecule is FC(F)(F)c1ccc2oc(Nc3ncns3)nc2c1. The fourth-order valence-corrected chi connectivity index (χ4v) is 1.90. The van der Waals surface area contributed by atoms with Gasteiger partial charge in [-0.2, -0.15) is 22.5 Å². The van der Waals surface area contributed by atoms with Crippen molar-refractivity contribution < 1.29 is 17.6 Å². The van der Waals surface area contributed by atoms with Crippen LogP contribution in [0.25, 0.3) is 11.1 Å². The van der Waals surface area contributed by atoms with Crippen molar-refractivity contribution in [2.24, 2.45) is 0 Å². The third-order valence-corrected chi connectivity index (χ3v) is 2.87. The second-order valence-electron chi connectivity index (χ2n) is 3.57. The van der Waals surface area contributed by atoms with E-state index in [4.69, 9.17) is 4.42 Å². The van der Waals surface area contributed by atoms with Gasteiger partial charge in [0.25, 0.3) is 0 Å². The normalized spacial score (nSPS) is 11.9. The summed E-state index contributed by atoms with van der Waals surface area (Å²) in [5.74, 6) is 0. The zero-order valence-corrected chi connectivity index (χ0v) is 9.92. The molecule has 98 valence electrons. The molecule has 0 bridgehead atoms. The number of nitrogens with one attached hydrogen (secondary N) is 1. The monoisotopic (exact) mass is 286 g/mol. The smallest absolute Gasteiger partial charge is 0.416 e. The molecule has 0 unspecified atom stereocenters. The van der Waals surface area contributed by atoms with Crippen molar-refractivity contribution in [2.75, 3.05) is 5.32 Å². The predicted molar refractivity (Wildman–Crippen MR) is 62.2 cm³/mol. The number of benzene rings is 1. The van der Waals surface area contributed by atoms with Crippen LogP contribution in [0.15, 0.2) is 28.9 Å². The maximum Gasteiger partial charge on any atom is 0.416 e. The molecule has 3 aromatic rings. The third kappa shape index (κ3) is 2.36. The van der Waals surface area contributed by atoms with Crippen molar-refractivity contribution in [2.45, 2.75) is 6.18 Å². The first-order chi connectivity index (χ1) is 9.02. The summed E-state index contributed by atoms with van der Waals surface area (Å²) < 4.78 is 46.6. The maximum absolute atomic E-state index is 12.5. The zero-order chi connectivity index (χ0) is 13.5. The lowest BCUT2D eigenvalue weighted by Crippen LogP contribution is -2.03. The molecular formula is C10H5F3N4OS. The highest BCUT2D eigenvalue weighted by atomic mass is 32.1. The molecule has 0 aliphatic heterocycles. The lowest BCUT2D eigenvalue weighted by atomic mass is 10.2. The Morgan fingerprint density at radius 2 is 2.11 bits per heavy atom. The van der Waals surface area contributed by atoms with Crippen LogP contribution in [0, 0.1) is 0 Å². The first-order valence-electron chi connectivity index (χ1n) is 5.04. The Balaban J connectivity index is 1.97. The van der Waals surface area contributed by atoms with E-state index in [9.17, 15) is 13.2 Å². The largest absolute Gasteiger partial charge is 0.423 e. The number of hydrogen-bond acceptors (Lipinski definition) is 6. The molecule has 1 aromatic carbocycles. The summed E-state index contributed by atoms with van der Waals surface area (Å²) in [6.07, 6.45) is -3.06. The highest BCUT2D eigenvalue weighted by Gasteiger charge is 2.31. The van der Waals surface area contributed by atoms with Gasteiger partial charge in [-0.05, 0) is 18.2 Å². The van der Waals surface area contributed by atoms with E-state index in [-0.39, 0.29) is 17.1 Å². The Labute approximate surface area is 108 Å². The average molecular weight is 286 g/mol. The van der Waals surface area contributed by atoms with Gasteiger partial charge < -0.3 is 4.42 Å². The van der Waals surface area contributed by atoms with Gasteiger partial charge in [0.05, 0.1) is 5.56 Å². The van der Waals surface area contributed by atoms with Crippen LogP contribution in [0.3, 0.4) is 0 Å². The Kier molecular flexibility index (Phi) is 2.63. The second-order valence-corrected chi connectivity index (χ2v) is 4.35. The van der Waals surface area contributed by atoms with Crippen LogP contribution in [-0.2, 0) is 6.18 Å². The van der Waals surface area contributed by atoms with E-state index in [1.54, 1.807) is 0 Å². The van der Waals surface area contributed by atoms with Gasteiger partial charge in [-0.15, -0.1) is 0 Å². The van der Waals surface area contributed by atoms with Gasteiger partial charge in [0, 0.05) is 11.5 Å². The molecule has 0 aliphatic carbocycles. The molecule has 0 spiro atoms. The number of rotatable bonds is 2. The minimum Gasteiger partial charge on any atom is -0.423 e. The van der Waals surface area contributed by atoms with Crippen molar-refractivity contribution >= 4 is 33.8 Å². The molecule has 0 atom stereocenters. The van der Waals surface area contributed by atoms with E-state index in [1.807, 2.05) is 0 Å². The van der Waals surface area contributed by atoms with Crippen LogP contribution in [0.1, 0.15) is 5.56 Å². The van der Waals surface area contributed by atoms with Crippen LogP contribution >= 0.6 is 11.5 Å². The van der Waals surface area contributed by atoms with Crippen molar-refractivity contribution in [3.63, 3.8) is 0 Å². The van der Waals surface area contributed by atoms with Crippen molar-refractivity contribution in [1.29, 1.82) is 0 Å². The first-order valence-corrected chi connectivity index (χ1v) is 5.81. The maximum atomic E-state index is 12.5. The van der Waals surface area contributed by atoms with E-state index >= 15 is 0 Å². The summed E-state index contributed by atoms with van der Waals surface area (Å²) >= 11 is 1.08. The topological polar surface area (TPSA) is 63.8 Å². The number of fused-ring (bicyclic) bond motifs is 1. The Bertz CT molecular complexity index is 707. The summed E-state index contributed by atoms with van der Waals surface area (Å²) in [4.78, 5) is 7.78. The third-order valence-electron chi connectivity index (χ3n) is 2.29. The molecule has 0 amide bonds. The van der Waals surface area contributed by atoms with Crippen LogP contribution in [-0.4, -0.2) is 14.3 Å². The molecule has 2 heterocycles. The summed E-state index contributed by atoms with van der Waals surface area (Å²) in [7, 11) is 0. The number of oxazole rings is 1. The van der Waals surface area contributed by atoms with Crippen molar-refractivity contribution in [3.05, 3.63) is 30.1 Å². The van der Waals surface area contributed by atoms with Gasteiger partial charge in [-0.25, -0.2) is 4.98 Å². The van der Waals surface area contributed by atoms with Gasteiger partial charge in [0.15, 0.2) is 5.58 Å². The standard InChI is InChI=1S/C10H5F3N4OS/c11-10(12,13)5-1-2-7-6(3-5)16-8(18-7)17-9-14-4-15-19-9/h1-4H,(H,14,15,16,17). The van der Waals surface area contributed by atoms with Crippen molar-refractivity contribution in [1.82, 2.24) is 14.3 Å². The highest BCUT2D eigenvalue weighted by molar-refractivity contribution is 7.09. The van der Waals surface area contributed by atoms with Gasteiger partial charge in [0.2, 0.25) is 5.13 Å². The summed E-state index contributed by atoms with van der Waals surface area (Å²) in [6.45, 7) is 0. The minimum absolute atomic E-state index is 0.0751. The summed E-state index contributed by atoms with van der Waals surface area (Å²) in [6, 6.07) is 3.19. The predicted octanol–water partition coefficient (Wildman–Crippen LogP) is 3.44. The fourth-order valence-electron chi connectivity index (χ4n) is 1.48. The molecule has 0 saturated carbocycles. The average Bonchev–Trinajstić information content (AvgIpc) is 2.95. The van der Waals surface area contributed by atoms with E-state index in [0.717, 1.165) is 23.7 Å². The molecule has 5 nitrogen and oxygen atoms in total. The lowest BCUT2D eigenvalue weighted by Gasteiger charge is -2.04. The molecule has 0 saturated heterocycles. The van der Waals surface area contributed by atoms with E-state index in [0.29, 0.717) is 5.13 Å². The van der Waals surface area contributed by atoms with Gasteiger partial charge in [-0.3, -0.25) is 5.32 Å². The molecule has 9 heteroatoms. The summed E-state index contributed by atoms with van der Waals surface area (Å²) in [5, 5.41) is 3.16. The Morgan fingerprint density at radius 1 is 1.26 bits per heavy atom. The molecule has 0 aliphatic rings. The molecule has 1 N–H and O–H groups in total. The number of alkyl halides is 3. The first kappa shape index (κ1) is 11.9. The van der Waals surface area contributed by atoms with Crippen LogP contribution in [0.4, 0.5) is 24.3 Å². The van der Waals surface area contributed by atoms with Crippen LogP contribution in [0.2, 0.25) is 0 Å². The van der Waals surface area contributed by atoms with Gasteiger partial charge in [-0.1, -0.05) is 0 Å². The fraction of sp³-hybridized carbons (Fsp3) is 0.100. The quantitative estimate of drug-likeness (QED) is 0.781. The summed E-state index contributed by atoms with van der Waals surface area (Å²) in [5.41, 5.74) is -0.377. The van der Waals surface area contributed by atoms with E-state index in [2.05, 4.69) is 19.7 Å². The van der Waals surface area contributed by atoms with Crippen molar-refractivity contribution in [3.8, 4) is 0 Å². The molecule has 2 aromatic heterocycles. The number of hydrogen-bond donors (Lipinski definition) is 1. The Morgan fingerprint density at radius 3 is 2.79 bits per heavy atom. The molecule has 0 fully saturated rings. The molecule has 19 heavy (non-hydrogen) atoms. The van der Waals surface area contributed by atoms with Gasteiger partial charge in [0.1, 0.15) is 11.8 Å². The van der Waals surface area contributed by atoms with E-state index < -0.39 is 11.7 Å². The molecule has 3 rings (SSSR count). The zero-order valence-electron chi connectivity index (χ0n) is 9.10. The highest BCUT2D eigenvalue weighted by Crippen LogP contribution is 2.32. The number of aromatic nitrogens is 3. The number of halogens is 3. The Hall–Kier alpha value is -2.16. The molecular weight excluding hydrogens is 281 g/mol. The number of anilines is 2. The van der Waals surface area contributed by atoms with E-state index in [1.165, 1.54) is 12.4 Å². The minimum atomic E-state index is -4.40. The van der Waals surface area contributed by atoms with Crippen LogP contribution in [0.5, 0.6) is 0 Å². The van der Waals surface area contributed by atoms with Gasteiger partial charge >= 0.3 is 12.2 Å². The number of nitrogens with zero attached hydrogens (tertiary/aromatic N) is 3. The molecule has 0 radical (unpaired) electrons. The second kappa shape index (κ2) is 4.19.